The Morgan fingerprint density at radius 3 is 2.45 bits per heavy atom. The molecule has 454 valence electrons. The molecule has 3 heterocycles. The molecule has 17 N–H and O–H groups in total. The van der Waals surface area contributed by atoms with Crippen LogP contribution in [0.4, 0.5) is 5.69 Å². The number of hydrogen-bond acceptors (Lipinski definition) is 18. The van der Waals surface area contributed by atoms with Gasteiger partial charge in [-0.1, -0.05) is 60.5 Å². The van der Waals surface area contributed by atoms with Crippen LogP contribution in [0.1, 0.15) is 102 Å². The second kappa shape index (κ2) is 24.8. The average Bonchev–Trinajstić information content (AvgIpc) is 1.54. The number of fused-ring (bicyclic) bond motifs is 6. The van der Waals surface area contributed by atoms with Crippen molar-refractivity contribution in [2.75, 3.05) is 31.3 Å². The number of carboxylic acids is 1. The number of amides is 1. The highest BCUT2D eigenvalue weighted by Crippen LogP contribution is 2.72. The molecule has 23 nitrogen and oxygen atoms in total. The van der Waals surface area contributed by atoms with E-state index in [0.717, 1.165) is 28.2 Å². The van der Waals surface area contributed by atoms with Crippen LogP contribution in [0.3, 0.4) is 0 Å². The summed E-state index contributed by atoms with van der Waals surface area (Å²) >= 11 is 0. The zero-order valence-electron chi connectivity index (χ0n) is 46.6. The number of nitrogens with two attached hydrogens (primary N) is 1. The number of carbonyl (C=O) groups excluding carboxylic acids is 1. The van der Waals surface area contributed by atoms with Crippen LogP contribution in [0, 0.1) is 17.8 Å². The molecule has 1 saturated heterocycles. The maximum absolute atomic E-state index is 15.7. The van der Waals surface area contributed by atoms with Gasteiger partial charge in [-0.3, -0.25) is 9.69 Å². The minimum atomic E-state index is -3.37. The van der Waals surface area contributed by atoms with Crippen molar-refractivity contribution in [3.8, 4) is 28.7 Å². The van der Waals surface area contributed by atoms with E-state index < -0.39 is 108 Å². The van der Waals surface area contributed by atoms with Crippen molar-refractivity contribution in [2.45, 2.75) is 131 Å². The Morgan fingerprint density at radius 1 is 0.918 bits per heavy atom. The number of carboxylic acid groups (broad SMARTS) is 1. The van der Waals surface area contributed by atoms with Gasteiger partial charge >= 0.3 is 11.9 Å². The first kappa shape index (κ1) is 60.5. The van der Waals surface area contributed by atoms with E-state index in [1.807, 2.05) is 36.4 Å². The third-order valence-electron chi connectivity index (χ3n) is 18.2. The number of aromatic amines is 1. The number of H-pyrrole nitrogens is 1. The van der Waals surface area contributed by atoms with E-state index in [2.05, 4.69) is 20.3 Å². The Balaban J connectivity index is 1.11. The maximum atomic E-state index is 15.7. The van der Waals surface area contributed by atoms with E-state index in [0.29, 0.717) is 85.3 Å². The van der Waals surface area contributed by atoms with Gasteiger partial charge in [0.1, 0.15) is 29.8 Å². The minimum absolute atomic E-state index is 0.0112. The van der Waals surface area contributed by atoms with Crippen LogP contribution < -0.4 is 20.7 Å². The number of guanidine groups is 1. The highest BCUT2D eigenvalue weighted by atomic mass is 16.8. The average molecular weight is 1180 g/mol. The monoisotopic (exact) mass is 1170 g/mol. The number of allylic oxidation sites excluding steroid dienone is 1. The Morgan fingerprint density at radius 2 is 1.71 bits per heavy atom. The van der Waals surface area contributed by atoms with Gasteiger partial charge in [0.05, 0.1) is 37.0 Å². The van der Waals surface area contributed by atoms with Gasteiger partial charge in [-0.15, -0.1) is 0 Å². The van der Waals surface area contributed by atoms with E-state index in [1.54, 1.807) is 12.1 Å². The van der Waals surface area contributed by atoms with Crippen LogP contribution in [0.2, 0.25) is 0 Å². The zero-order chi connectivity index (χ0) is 60.5. The van der Waals surface area contributed by atoms with Crippen LogP contribution in [-0.2, 0) is 45.5 Å². The molecular weight excluding hydrogens is 1100 g/mol. The van der Waals surface area contributed by atoms with Gasteiger partial charge in [-0.25, -0.2) is 14.8 Å². The number of phenolic OH excluding ortho intramolecular Hbond substituents is 4. The maximum Gasteiger partial charge on any atom is 0.355 e. The molecule has 2 aliphatic heterocycles. The van der Waals surface area contributed by atoms with Crippen molar-refractivity contribution in [3.63, 3.8) is 0 Å². The molecule has 1 aromatic heterocycles. The zero-order valence-corrected chi connectivity index (χ0v) is 46.6. The number of nitrogens with zero attached hydrogens (tertiary/aromatic N) is 3. The van der Waals surface area contributed by atoms with Crippen LogP contribution in [0.5, 0.6) is 28.7 Å². The molecule has 0 radical (unpaired) electrons. The first-order chi connectivity index (χ1) is 40.8. The lowest BCUT2D eigenvalue weighted by atomic mass is 9.45. The van der Waals surface area contributed by atoms with Crippen LogP contribution in [0.25, 0.3) is 6.08 Å². The molecule has 0 spiro atoms. The highest BCUT2D eigenvalue weighted by molar-refractivity contribution is 6.13. The number of aromatic nitrogens is 2. The minimum Gasteiger partial charge on any atom is -0.508 e. The number of ether oxygens (including phenoxy) is 2. The fourth-order valence-corrected chi connectivity index (χ4v) is 14.4. The van der Waals surface area contributed by atoms with Crippen molar-refractivity contribution in [2.24, 2.45) is 28.5 Å². The van der Waals surface area contributed by atoms with Gasteiger partial charge in [0, 0.05) is 84.4 Å². The van der Waals surface area contributed by atoms with Gasteiger partial charge in [-0.05, 0) is 110 Å². The number of aliphatic imine (C=N–C) groups is 1. The number of nitrogens with one attached hydrogen (secondary N) is 2. The SMILES string of the molecule is NC(=NCc1ccccc1)NCCCC(O)CCC1=CC2(C(=O)O)C(c3c(cc(OC4(O)OC(CO)C(O)C(O)C4O)c(O)c3O)N2C(=O)C=Cc2ccc(O)c(Cc3[nH]cnc3CCO)c2)C1C12c3c(O)cccc3CCC1CCCC2CO. The molecule has 0 bridgehead atoms. The number of aryl methyl sites for hydroxylation is 1. The van der Waals surface area contributed by atoms with Crippen molar-refractivity contribution < 1.29 is 85.4 Å². The number of carbonyl (C=O) groups is 2. The van der Waals surface area contributed by atoms with Gasteiger partial charge in [0.25, 0.3) is 5.91 Å². The number of imidazole rings is 1. The summed E-state index contributed by atoms with van der Waals surface area (Å²) in [5.74, 6) is -12.8. The summed E-state index contributed by atoms with van der Waals surface area (Å²) < 4.78 is 11.1. The molecule has 5 aliphatic rings. The highest BCUT2D eigenvalue weighted by Gasteiger charge is 2.72. The number of benzene rings is 4. The normalized spacial score (nSPS) is 28.3. The fourth-order valence-electron chi connectivity index (χ4n) is 14.4. The van der Waals surface area contributed by atoms with Crippen molar-refractivity contribution in [1.82, 2.24) is 15.3 Å². The summed E-state index contributed by atoms with van der Waals surface area (Å²) in [5, 5.41) is 151. The molecule has 85 heavy (non-hydrogen) atoms. The molecule has 1 amide bonds. The first-order valence-electron chi connectivity index (χ1n) is 28.7. The van der Waals surface area contributed by atoms with E-state index >= 15 is 9.59 Å². The predicted molar refractivity (Wildman–Crippen MR) is 307 cm³/mol. The van der Waals surface area contributed by atoms with Crippen molar-refractivity contribution >= 4 is 29.6 Å². The molecule has 1 saturated carbocycles. The van der Waals surface area contributed by atoms with Gasteiger partial charge in [-0.2, -0.15) is 0 Å². The van der Waals surface area contributed by atoms with Gasteiger partial charge in [0.2, 0.25) is 5.75 Å². The summed E-state index contributed by atoms with van der Waals surface area (Å²) in [4.78, 5) is 43.3. The second-order valence-electron chi connectivity index (χ2n) is 22.9. The third-order valence-corrected chi connectivity index (χ3v) is 18.2. The van der Waals surface area contributed by atoms with E-state index in [4.69, 9.17) is 15.2 Å². The Bertz CT molecular complexity index is 3350. The standard InChI is InChI=1S/C62H74N6O17/c63-59(65-29-34-7-2-1-3-8-34)64-23-6-12-40(72)19-17-36-28-60(58(81)82)52(51(36)61-38(10-5-11-39(61)30-70)18-16-35-9-4-13-45(74)50(35)61)49-43(27-46(53(76)55(49)78)84-62(83)57(80)56(79)54(77)47(31-71)85-62)68(60)48(75)21-15-33-14-20-44(73)37(25-33)26-42-41(22-24-69)66-32-67-42/h1-4,7-9,13-15,20-21,25,27-28,32,38-40,47,51-52,54,56-57,69-74,76-80,83H,5-6,10-12,16-19,22-24,26,29-31H2,(H,66,67)(H,81,82)(H3,63,64,65). The van der Waals surface area contributed by atoms with Crippen LogP contribution >= 0.6 is 0 Å². The van der Waals surface area contributed by atoms with Gasteiger partial charge in [0.15, 0.2) is 29.1 Å². The number of aliphatic carboxylic acids is 1. The molecule has 23 heteroatoms. The first-order valence-corrected chi connectivity index (χ1v) is 28.7. The lowest BCUT2D eigenvalue weighted by Gasteiger charge is -2.58. The topological polar surface area (TPSA) is 398 Å². The van der Waals surface area contributed by atoms with E-state index in [-0.39, 0.29) is 73.3 Å². The molecule has 3 aliphatic carbocycles. The molecule has 5 aromatic rings. The molecule has 4 aromatic carbocycles. The molecule has 2 fully saturated rings. The summed E-state index contributed by atoms with van der Waals surface area (Å²) in [6.07, 6.45) is -0.165. The molecule has 12 atom stereocenters. The van der Waals surface area contributed by atoms with Crippen LogP contribution in [-0.4, -0.2) is 163 Å². The van der Waals surface area contributed by atoms with E-state index in [1.165, 1.54) is 36.7 Å². The van der Waals surface area contributed by atoms with Gasteiger partial charge < -0.3 is 91.9 Å². The number of rotatable bonds is 21. The van der Waals surface area contributed by atoms with Crippen molar-refractivity contribution in [3.05, 3.63) is 142 Å². The number of hydrogen-bond donors (Lipinski definition) is 16. The Hall–Kier alpha value is -7.58. The smallest absolute Gasteiger partial charge is 0.355 e. The Kier molecular flexibility index (Phi) is 17.7. The summed E-state index contributed by atoms with van der Waals surface area (Å²) in [5.41, 5.74) is 6.19. The predicted octanol–water partition coefficient (Wildman–Crippen LogP) is 2.70. The lowest BCUT2D eigenvalue weighted by Crippen LogP contribution is -2.67. The molecule has 12 unspecified atom stereocenters. The largest absolute Gasteiger partial charge is 0.508 e. The van der Waals surface area contributed by atoms with E-state index in [9.17, 15) is 66.4 Å². The quantitative estimate of drug-likeness (QED) is 0.00955. The van der Waals surface area contributed by atoms with Crippen molar-refractivity contribution in [1.29, 1.82) is 0 Å². The number of aliphatic hydroxyl groups excluding tert-OH is 7. The third kappa shape index (κ3) is 11.0. The summed E-state index contributed by atoms with van der Waals surface area (Å²) in [6, 6.07) is 20.1. The number of aliphatic hydroxyl groups is 8. The molecular formula is C62H74N6O17. The van der Waals surface area contributed by atoms with Crippen LogP contribution in [0.15, 0.2) is 102 Å². The number of anilines is 1. The summed E-state index contributed by atoms with van der Waals surface area (Å²) in [6.45, 7) is -0.885. The second-order valence-corrected chi connectivity index (χ2v) is 22.9. The summed E-state index contributed by atoms with van der Waals surface area (Å²) in [7, 11) is 0. The number of aromatic hydroxyl groups is 4. The number of phenols is 4. The lowest BCUT2D eigenvalue weighted by molar-refractivity contribution is -0.422. The molecule has 10 rings (SSSR count). The fraction of sp³-hybridized carbons (Fsp3) is 0.452. The Labute approximate surface area is 489 Å².